The van der Waals surface area contributed by atoms with E-state index in [1.54, 1.807) is 0 Å². The van der Waals surface area contributed by atoms with E-state index in [9.17, 15) is 17.6 Å². The number of benzene rings is 2. The minimum atomic E-state index is -4.22. The minimum Gasteiger partial charge on any atom is -0.496 e. The number of methoxy groups -OCH3 is 2. The number of sulfone groups is 1. The van der Waals surface area contributed by atoms with E-state index in [0.29, 0.717) is 0 Å². The van der Waals surface area contributed by atoms with Crippen LogP contribution in [0.1, 0.15) is 19.4 Å². The van der Waals surface area contributed by atoms with Gasteiger partial charge < -0.3 is 9.47 Å². The molecule has 1 N–H and O–H groups in total. The first-order chi connectivity index (χ1) is 16.0. The van der Waals surface area contributed by atoms with Gasteiger partial charge in [-0.05, 0) is 44.2 Å². The van der Waals surface area contributed by atoms with Crippen LogP contribution in [0.3, 0.4) is 0 Å². The molecule has 12 heteroatoms. The largest absolute Gasteiger partial charge is 0.496 e. The van der Waals surface area contributed by atoms with Crippen molar-refractivity contribution in [1.82, 2.24) is 19.5 Å². The third kappa shape index (κ3) is 3.51. The lowest BCUT2D eigenvalue weighted by Gasteiger charge is -2.28. The van der Waals surface area contributed by atoms with E-state index in [4.69, 9.17) is 21.1 Å². The summed E-state index contributed by atoms with van der Waals surface area (Å²) in [6.45, 7) is 2.76. The van der Waals surface area contributed by atoms with Crippen LogP contribution in [-0.2, 0) is 14.6 Å². The molecule has 2 aromatic heterocycles. The van der Waals surface area contributed by atoms with E-state index in [2.05, 4.69) is 15.0 Å². The number of nitrogens with zero attached hydrogens (tertiary/aromatic N) is 3. The number of fused-ring (bicyclic) bond motifs is 1. The Balaban J connectivity index is 1.94. The number of halogens is 2. The van der Waals surface area contributed by atoms with Gasteiger partial charge in [-0.1, -0.05) is 17.7 Å². The number of H-pyrrole nitrogens is 1. The first-order valence-corrected chi connectivity index (χ1v) is 11.8. The molecule has 0 saturated heterocycles. The van der Waals surface area contributed by atoms with Crippen molar-refractivity contribution < 1.29 is 22.3 Å². The monoisotopic (exact) mass is 506 g/mol. The summed E-state index contributed by atoms with van der Waals surface area (Å²) >= 11 is 6.36. The Morgan fingerprint density at radius 2 is 1.85 bits per heavy atom. The van der Waals surface area contributed by atoms with Gasteiger partial charge in [-0.2, -0.15) is 4.98 Å². The first kappa shape index (κ1) is 23.7. The van der Waals surface area contributed by atoms with Gasteiger partial charge in [-0.15, -0.1) is 0 Å². The standard InChI is InChI=1S/C22H20ClFN4O5S/c1-22(2,17-14(24)6-5-7-16(17)32-3)34(30,31)12-8-9-13(23)15(10-12)28-19-18(27-21(28)29)20(33-4)26-11-25-19/h5-11H,1-4H3,(H,27,29). The van der Waals surface area contributed by atoms with Crippen LogP contribution >= 0.6 is 11.6 Å². The molecule has 178 valence electrons. The van der Waals surface area contributed by atoms with Gasteiger partial charge >= 0.3 is 5.69 Å². The lowest BCUT2D eigenvalue weighted by Crippen LogP contribution is -2.31. The summed E-state index contributed by atoms with van der Waals surface area (Å²) in [5.74, 6) is -0.494. The summed E-state index contributed by atoms with van der Waals surface area (Å²) in [5, 5.41) is 0.0980. The van der Waals surface area contributed by atoms with Crippen molar-refractivity contribution in [3.05, 3.63) is 69.6 Å². The molecule has 0 bridgehead atoms. The van der Waals surface area contributed by atoms with Crippen molar-refractivity contribution in [2.45, 2.75) is 23.5 Å². The molecule has 2 aromatic carbocycles. The lowest BCUT2D eigenvalue weighted by molar-refractivity contribution is 0.396. The zero-order valence-electron chi connectivity index (χ0n) is 18.6. The smallest absolute Gasteiger partial charge is 0.332 e. The molecule has 0 fully saturated rings. The Morgan fingerprint density at radius 1 is 1.12 bits per heavy atom. The first-order valence-electron chi connectivity index (χ1n) is 9.91. The van der Waals surface area contributed by atoms with E-state index >= 15 is 0 Å². The van der Waals surface area contributed by atoms with Crippen molar-refractivity contribution in [3.63, 3.8) is 0 Å². The molecule has 0 aliphatic heterocycles. The number of hydrogen-bond donors (Lipinski definition) is 1. The van der Waals surface area contributed by atoms with Gasteiger partial charge in [0.1, 0.15) is 28.2 Å². The van der Waals surface area contributed by atoms with E-state index in [-0.39, 0.29) is 44.0 Å². The van der Waals surface area contributed by atoms with Crippen molar-refractivity contribution >= 4 is 32.6 Å². The summed E-state index contributed by atoms with van der Waals surface area (Å²) in [4.78, 5) is 23.3. The molecule has 0 spiro atoms. The second kappa shape index (κ2) is 8.41. The molecule has 9 nitrogen and oxygen atoms in total. The number of imidazole rings is 1. The van der Waals surface area contributed by atoms with Crippen LogP contribution in [-0.4, -0.2) is 42.2 Å². The van der Waals surface area contributed by atoms with Gasteiger partial charge in [-0.25, -0.2) is 27.2 Å². The molecular formula is C22H20ClFN4O5S. The van der Waals surface area contributed by atoms with Crippen molar-refractivity contribution in [1.29, 1.82) is 0 Å². The summed E-state index contributed by atoms with van der Waals surface area (Å²) < 4.78 is 52.1. The zero-order valence-corrected chi connectivity index (χ0v) is 20.2. The molecule has 4 aromatic rings. The van der Waals surface area contributed by atoms with Gasteiger partial charge in [0.25, 0.3) is 0 Å². The van der Waals surface area contributed by atoms with Crippen molar-refractivity contribution in [3.8, 4) is 17.3 Å². The van der Waals surface area contributed by atoms with Crippen LogP contribution < -0.4 is 15.2 Å². The molecule has 2 heterocycles. The van der Waals surface area contributed by atoms with E-state index in [0.717, 1.165) is 4.57 Å². The van der Waals surface area contributed by atoms with Crippen molar-refractivity contribution in [2.75, 3.05) is 14.2 Å². The normalized spacial score (nSPS) is 12.2. The number of aromatic nitrogens is 4. The quantitative estimate of drug-likeness (QED) is 0.424. The second-order valence-corrected chi connectivity index (χ2v) is 10.7. The van der Waals surface area contributed by atoms with Crippen LogP contribution in [0.25, 0.3) is 16.9 Å². The van der Waals surface area contributed by atoms with Gasteiger partial charge in [0, 0.05) is 0 Å². The molecule has 0 saturated carbocycles. The summed E-state index contributed by atoms with van der Waals surface area (Å²) in [6.07, 6.45) is 1.20. The molecule has 0 aliphatic carbocycles. The van der Waals surface area contributed by atoms with Gasteiger partial charge in [0.15, 0.2) is 15.5 Å². The topological polar surface area (TPSA) is 116 Å². The fourth-order valence-electron chi connectivity index (χ4n) is 3.80. The Labute approximate surface area is 199 Å². The molecular weight excluding hydrogens is 487 g/mol. The number of nitrogens with one attached hydrogen (secondary N) is 1. The maximum atomic E-state index is 14.8. The second-order valence-electron chi connectivity index (χ2n) is 7.79. The van der Waals surface area contributed by atoms with Crippen LogP contribution in [0, 0.1) is 5.82 Å². The predicted molar refractivity (Wildman–Crippen MR) is 124 cm³/mol. The highest BCUT2D eigenvalue weighted by atomic mass is 35.5. The molecule has 4 rings (SSSR count). The number of aromatic amines is 1. The Morgan fingerprint density at radius 3 is 2.53 bits per heavy atom. The van der Waals surface area contributed by atoms with Crippen LogP contribution in [0.2, 0.25) is 5.02 Å². The number of rotatable bonds is 6. The Bertz CT molecular complexity index is 1580. The summed E-state index contributed by atoms with van der Waals surface area (Å²) in [7, 11) is -1.50. The van der Waals surface area contributed by atoms with Crippen LogP contribution in [0.4, 0.5) is 4.39 Å². The Kier molecular flexibility index (Phi) is 5.86. The average Bonchev–Trinajstić information content (AvgIpc) is 3.14. The predicted octanol–water partition coefficient (Wildman–Crippen LogP) is 3.63. The van der Waals surface area contributed by atoms with E-state index in [1.807, 2.05) is 0 Å². The molecule has 0 atom stereocenters. The zero-order chi connectivity index (χ0) is 24.8. The molecule has 34 heavy (non-hydrogen) atoms. The third-order valence-electron chi connectivity index (χ3n) is 5.57. The summed E-state index contributed by atoms with van der Waals surface area (Å²) in [6, 6.07) is 7.98. The highest BCUT2D eigenvalue weighted by Crippen LogP contribution is 2.42. The van der Waals surface area contributed by atoms with Crippen molar-refractivity contribution in [2.24, 2.45) is 0 Å². The molecule has 0 amide bonds. The molecule has 0 radical (unpaired) electrons. The fourth-order valence-corrected chi connectivity index (χ4v) is 5.57. The van der Waals surface area contributed by atoms with Gasteiger partial charge in [0.2, 0.25) is 5.88 Å². The maximum absolute atomic E-state index is 14.8. The van der Waals surface area contributed by atoms with E-state index < -0.39 is 26.1 Å². The average molecular weight is 507 g/mol. The maximum Gasteiger partial charge on any atom is 0.332 e. The summed E-state index contributed by atoms with van der Waals surface area (Å²) in [5.41, 5.74) is -0.314. The molecule has 0 aliphatic rings. The Hall–Kier alpha value is -3.44. The van der Waals surface area contributed by atoms with Crippen LogP contribution in [0.5, 0.6) is 11.6 Å². The van der Waals surface area contributed by atoms with Gasteiger partial charge in [-0.3, -0.25) is 4.98 Å². The SMILES string of the molecule is COc1cccc(F)c1C(C)(C)S(=O)(=O)c1ccc(Cl)c(-n2c(=O)[nH]c3c(OC)ncnc32)c1. The number of ether oxygens (including phenoxy) is 2. The highest BCUT2D eigenvalue weighted by molar-refractivity contribution is 7.92. The van der Waals surface area contributed by atoms with Gasteiger partial charge in [0.05, 0.1) is 35.4 Å². The third-order valence-corrected chi connectivity index (χ3v) is 8.31. The molecule has 0 unspecified atom stereocenters. The number of hydrogen-bond acceptors (Lipinski definition) is 7. The highest BCUT2D eigenvalue weighted by Gasteiger charge is 2.42. The lowest BCUT2D eigenvalue weighted by atomic mass is 10.0. The van der Waals surface area contributed by atoms with E-state index in [1.165, 1.54) is 70.8 Å². The van der Waals surface area contributed by atoms with Crippen LogP contribution in [0.15, 0.2) is 52.4 Å². The fraction of sp³-hybridized carbons (Fsp3) is 0.227. The minimum absolute atomic E-state index is 0.0658.